The molecule has 4 amide bonds. The van der Waals surface area contributed by atoms with Gasteiger partial charge in [-0.3, -0.25) is 10.1 Å². The van der Waals surface area contributed by atoms with Gasteiger partial charge in [0.15, 0.2) is 11.0 Å². The zero-order chi connectivity index (χ0) is 28.2. The van der Waals surface area contributed by atoms with Crippen molar-refractivity contribution in [3.8, 4) is 11.3 Å². The molecule has 40 heavy (non-hydrogen) atoms. The summed E-state index contributed by atoms with van der Waals surface area (Å²) < 4.78 is 19.2. The number of nitrogens with zero attached hydrogens (tertiary/aromatic N) is 3. The van der Waals surface area contributed by atoms with Crippen LogP contribution in [0.1, 0.15) is 49.2 Å². The molecule has 1 saturated heterocycles. The number of fused-ring (bicyclic) bond motifs is 4. The molecular formula is C27H27ClFN7O4. The van der Waals surface area contributed by atoms with Gasteiger partial charge in [0.2, 0.25) is 5.91 Å². The smallest absolute Gasteiger partial charge is 0.411 e. The molecule has 4 heterocycles. The summed E-state index contributed by atoms with van der Waals surface area (Å²) in [6.45, 7) is 0.351. The first kappa shape index (κ1) is 27.1. The van der Waals surface area contributed by atoms with E-state index in [2.05, 4.69) is 30.7 Å². The lowest BCUT2D eigenvalue weighted by Crippen LogP contribution is -2.49. The molecule has 0 aliphatic carbocycles. The molecule has 0 unspecified atom stereocenters. The van der Waals surface area contributed by atoms with Gasteiger partial charge in [0.1, 0.15) is 5.82 Å². The second kappa shape index (κ2) is 11.7. The Morgan fingerprint density at radius 2 is 2.10 bits per heavy atom. The highest BCUT2D eigenvalue weighted by atomic mass is 35.5. The number of pyridine rings is 1. The first-order valence-electron chi connectivity index (χ1n) is 12.7. The van der Waals surface area contributed by atoms with Gasteiger partial charge in [-0.25, -0.2) is 23.9 Å². The molecule has 2 atom stereocenters. The summed E-state index contributed by atoms with van der Waals surface area (Å²) in [4.78, 5) is 51.0. The minimum Gasteiger partial charge on any atom is -0.453 e. The van der Waals surface area contributed by atoms with Crippen molar-refractivity contribution in [3.63, 3.8) is 0 Å². The van der Waals surface area contributed by atoms with Crippen molar-refractivity contribution in [2.24, 2.45) is 0 Å². The molecule has 2 aliphatic rings. The summed E-state index contributed by atoms with van der Waals surface area (Å²) in [6, 6.07) is 5.22. The molecule has 0 spiro atoms. The van der Waals surface area contributed by atoms with E-state index in [4.69, 9.17) is 16.6 Å². The Morgan fingerprint density at radius 1 is 1.25 bits per heavy atom. The summed E-state index contributed by atoms with van der Waals surface area (Å²) in [5.41, 5.74) is 2.37. The van der Waals surface area contributed by atoms with E-state index in [1.54, 1.807) is 29.3 Å². The number of H-pyrrole nitrogens is 1. The number of aromatic amines is 1. The van der Waals surface area contributed by atoms with Gasteiger partial charge in [-0.1, -0.05) is 23.8 Å². The Hall–Kier alpha value is -4.45. The number of carbonyl (C=O) groups is 3. The van der Waals surface area contributed by atoms with Crippen LogP contribution in [0.3, 0.4) is 0 Å². The van der Waals surface area contributed by atoms with E-state index < -0.39 is 24.0 Å². The fourth-order valence-electron chi connectivity index (χ4n) is 4.83. The van der Waals surface area contributed by atoms with E-state index in [-0.39, 0.29) is 29.1 Å². The third-order valence-corrected chi connectivity index (χ3v) is 7.09. The highest BCUT2D eigenvalue weighted by Gasteiger charge is 2.34. The van der Waals surface area contributed by atoms with Crippen LogP contribution in [0.15, 0.2) is 48.8 Å². The number of methoxy groups -OCH3 is 1. The SMILES string of the molecule is COC(=O)Nc1ccc2c(c1)NC(=O)CC/C=C/C[C@H](N1CC[C@H](c3ccnc(Cl)c3F)NC1=O)c1nc-2c[nH]1. The van der Waals surface area contributed by atoms with Crippen LogP contribution in [-0.4, -0.2) is 51.5 Å². The van der Waals surface area contributed by atoms with Crippen molar-refractivity contribution >= 4 is 41.0 Å². The number of benzene rings is 1. The summed E-state index contributed by atoms with van der Waals surface area (Å²) in [6.07, 6.45) is 7.94. The number of allylic oxidation sites excluding steroid dienone is 1. The molecule has 2 aromatic heterocycles. The average molecular weight is 568 g/mol. The first-order valence-corrected chi connectivity index (χ1v) is 13.1. The van der Waals surface area contributed by atoms with Crippen molar-refractivity contribution in [2.75, 3.05) is 24.3 Å². The lowest BCUT2D eigenvalue weighted by atomic mass is 10.0. The Labute approximate surface area is 234 Å². The summed E-state index contributed by atoms with van der Waals surface area (Å²) in [5.74, 6) is -0.285. The summed E-state index contributed by atoms with van der Waals surface area (Å²) in [7, 11) is 1.26. The first-order chi connectivity index (χ1) is 19.3. The molecule has 11 nitrogen and oxygen atoms in total. The van der Waals surface area contributed by atoms with Crippen LogP contribution in [-0.2, 0) is 9.53 Å². The minimum absolute atomic E-state index is 0.197. The van der Waals surface area contributed by atoms with Crippen molar-refractivity contribution < 1.29 is 23.5 Å². The van der Waals surface area contributed by atoms with Crippen molar-refractivity contribution in [3.05, 3.63) is 71.2 Å². The minimum atomic E-state index is -0.643. The van der Waals surface area contributed by atoms with Crippen LogP contribution in [0.5, 0.6) is 0 Å². The molecule has 1 fully saturated rings. The number of hydrogen-bond donors (Lipinski definition) is 4. The van der Waals surface area contributed by atoms with Crippen LogP contribution in [0, 0.1) is 5.82 Å². The molecular weight excluding hydrogens is 541 g/mol. The molecule has 2 aliphatic heterocycles. The third-order valence-electron chi connectivity index (χ3n) is 6.82. The summed E-state index contributed by atoms with van der Waals surface area (Å²) in [5, 5.41) is 8.15. The molecule has 5 rings (SSSR count). The van der Waals surface area contributed by atoms with Crippen LogP contribution in [0.25, 0.3) is 11.3 Å². The predicted molar refractivity (Wildman–Crippen MR) is 146 cm³/mol. The maximum Gasteiger partial charge on any atom is 0.411 e. The highest BCUT2D eigenvalue weighted by Crippen LogP contribution is 2.35. The van der Waals surface area contributed by atoms with Crippen molar-refractivity contribution in [1.82, 2.24) is 25.2 Å². The van der Waals surface area contributed by atoms with E-state index in [1.807, 2.05) is 12.2 Å². The van der Waals surface area contributed by atoms with Gasteiger partial charge in [0.05, 0.1) is 30.6 Å². The Balaban J connectivity index is 1.44. The Morgan fingerprint density at radius 3 is 2.90 bits per heavy atom. The number of halogens is 2. The number of hydrogen-bond acceptors (Lipinski definition) is 6. The van der Waals surface area contributed by atoms with Crippen LogP contribution >= 0.6 is 11.6 Å². The van der Waals surface area contributed by atoms with E-state index >= 15 is 0 Å². The standard InChI is InChI=1S/C27H27ClFN7O4/c1-40-27(39)32-15-7-8-16-19(13-15)33-22(37)6-4-2-3-5-21(25-31-14-20(16)34-25)36-12-10-18(35-26(36)38)17-9-11-30-24(28)23(17)29/h2-3,7-9,11,13-14,18,21H,4-6,10,12H2,1H3,(H,31,34)(H,32,39)(H,33,37)(H,35,38)/b3-2+/t18-,21+/m1/s1. The van der Waals surface area contributed by atoms with Crippen molar-refractivity contribution in [2.45, 2.75) is 37.8 Å². The van der Waals surface area contributed by atoms with Gasteiger partial charge >= 0.3 is 12.1 Å². The Bertz CT molecular complexity index is 1480. The zero-order valence-electron chi connectivity index (χ0n) is 21.5. The van der Waals surface area contributed by atoms with Gasteiger partial charge in [-0.05, 0) is 43.5 Å². The second-order valence-electron chi connectivity index (χ2n) is 9.35. The molecule has 0 radical (unpaired) electrons. The van der Waals surface area contributed by atoms with E-state index in [0.717, 1.165) is 0 Å². The third kappa shape index (κ3) is 5.76. The number of rotatable bonds is 3. The molecule has 208 valence electrons. The topological polar surface area (TPSA) is 141 Å². The molecule has 4 N–H and O–H groups in total. The molecule has 1 aromatic carbocycles. The van der Waals surface area contributed by atoms with Crippen LogP contribution in [0.4, 0.5) is 25.4 Å². The number of carbonyl (C=O) groups excluding carboxylic acids is 3. The van der Waals surface area contributed by atoms with E-state index in [0.29, 0.717) is 54.3 Å². The molecule has 2 bridgehead atoms. The number of anilines is 2. The Kier molecular flexibility index (Phi) is 7.96. The number of imidazole rings is 1. The maximum absolute atomic E-state index is 14.6. The second-order valence-corrected chi connectivity index (χ2v) is 9.70. The molecule has 0 saturated carbocycles. The fraction of sp³-hybridized carbons (Fsp3) is 0.296. The number of ether oxygens (including phenoxy) is 1. The quantitative estimate of drug-likeness (QED) is 0.249. The lowest BCUT2D eigenvalue weighted by molar-refractivity contribution is -0.116. The maximum atomic E-state index is 14.6. The fourth-order valence-corrected chi connectivity index (χ4v) is 4.99. The van der Waals surface area contributed by atoms with Gasteiger partial charge in [-0.2, -0.15) is 0 Å². The number of nitrogens with one attached hydrogen (secondary N) is 4. The molecule has 13 heteroatoms. The highest BCUT2D eigenvalue weighted by molar-refractivity contribution is 6.29. The number of aromatic nitrogens is 3. The lowest BCUT2D eigenvalue weighted by Gasteiger charge is -2.37. The van der Waals surface area contributed by atoms with Crippen LogP contribution in [0.2, 0.25) is 5.15 Å². The number of urea groups is 1. The van der Waals surface area contributed by atoms with Gasteiger partial charge in [-0.15, -0.1) is 0 Å². The predicted octanol–water partition coefficient (Wildman–Crippen LogP) is 5.32. The number of amides is 4. The normalized spacial score (nSPS) is 20.1. The largest absolute Gasteiger partial charge is 0.453 e. The summed E-state index contributed by atoms with van der Waals surface area (Å²) >= 11 is 5.85. The average Bonchev–Trinajstić information content (AvgIpc) is 3.42. The van der Waals surface area contributed by atoms with E-state index in [9.17, 15) is 18.8 Å². The molecule has 3 aromatic rings. The zero-order valence-corrected chi connectivity index (χ0v) is 22.3. The van der Waals surface area contributed by atoms with Gasteiger partial charge < -0.3 is 25.3 Å². The monoisotopic (exact) mass is 567 g/mol. The van der Waals surface area contributed by atoms with Crippen LogP contribution < -0.4 is 16.0 Å². The van der Waals surface area contributed by atoms with E-state index in [1.165, 1.54) is 19.4 Å². The van der Waals surface area contributed by atoms with Gasteiger partial charge in [0.25, 0.3) is 0 Å². The van der Waals surface area contributed by atoms with Gasteiger partial charge in [0, 0.05) is 42.2 Å². The van der Waals surface area contributed by atoms with Crippen molar-refractivity contribution in [1.29, 1.82) is 0 Å².